The van der Waals surface area contributed by atoms with Crippen LogP contribution in [0.2, 0.25) is 0 Å². The molecule has 0 radical (unpaired) electrons. The lowest BCUT2D eigenvalue weighted by Crippen LogP contribution is -2.09. The Bertz CT molecular complexity index is 570. The molecule has 0 N–H and O–H groups in total. The van der Waals surface area contributed by atoms with Crippen LogP contribution < -0.4 is 0 Å². The Balaban J connectivity index is 2.22. The van der Waals surface area contributed by atoms with E-state index >= 15 is 0 Å². The second kappa shape index (κ2) is 4.86. The Hall–Kier alpha value is -0.540. The van der Waals surface area contributed by atoms with Crippen molar-refractivity contribution in [1.29, 1.82) is 0 Å². The van der Waals surface area contributed by atoms with Crippen LogP contribution in [-0.2, 0) is 0 Å². The number of fused-ring (bicyclic) bond motifs is 1. The molecule has 1 unspecified atom stereocenters. The second-order valence-corrected chi connectivity index (χ2v) is 6.60. The summed E-state index contributed by atoms with van der Waals surface area (Å²) in [6, 6.07) is 6.83. The van der Waals surface area contributed by atoms with Crippen molar-refractivity contribution >= 4 is 38.6 Å². The van der Waals surface area contributed by atoms with Crippen LogP contribution in [0.5, 0.6) is 0 Å². The van der Waals surface area contributed by atoms with Crippen LogP contribution >= 0.6 is 27.5 Å². The van der Waals surface area contributed by atoms with Gasteiger partial charge in [-0.3, -0.25) is 0 Å². The van der Waals surface area contributed by atoms with E-state index < -0.39 is 0 Å². The van der Waals surface area contributed by atoms with E-state index in [-0.39, 0.29) is 5.38 Å². The summed E-state index contributed by atoms with van der Waals surface area (Å²) >= 11 is 9.85. The van der Waals surface area contributed by atoms with Crippen molar-refractivity contribution in [2.24, 2.45) is 0 Å². The molecule has 0 bridgehead atoms. The fourth-order valence-electron chi connectivity index (χ4n) is 2.91. The summed E-state index contributed by atoms with van der Waals surface area (Å²) in [6.07, 6.45) is 5.12. The predicted octanol–water partition coefficient (Wildman–Crippen LogP) is 5.21. The quantitative estimate of drug-likeness (QED) is 0.692. The molecule has 0 spiro atoms. The first-order valence-corrected chi connectivity index (χ1v) is 7.71. The van der Waals surface area contributed by atoms with Gasteiger partial charge in [0.15, 0.2) is 0 Å². The van der Waals surface area contributed by atoms with Crippen LogP contribution in [-0.4, -0.2) is 9.55 Å². The molecule has 4 heteroatoms. The normalized spacial score (nSPS) is 18.6. The lowest BCUT2D eigenvalue weighted by molar-refractivity contribution is 0.510. The molecule has 3 rings (SSSR count). The van der Waals surface area contributed by atoms with Crippen LogP contribution in [0.3, 0.4) is 0 Å². The van der Waals surface area contributed by atoms with Gasteiger partial charge in [-0.2, -0.15) is 0 Å². The monoisotopic (exact) mass is 326 g/mol. The maximum atomic E-state index is 6.30. The molecule has 1 aliphatic rings. The van der Waals surface area contributed by atoms with Crippen molar-refractivity contribution in [3.8, 4) is 0 Å². The summed E-state index contributed by atoms with van der Waals surface area (Å²) in [5, 5.41) is -0.0447. The third-order valence-corrected chi connectivity index (χ3v) is 4.41. The van der Waals surface area contributed by atoms with Crippen LogP contribution in [0.1, 0.15) is 49.9 Å². The van der Waals surface area contributed by atoms with Gasteiger partial charge in [0.05, 0.1) is 16.4 Å². The first-order valence-electron chi connectivity index (χ1n) is 6.48. The summed E-state index contributed by atoms with van der Waals surface area (Å²) in [6.45, 7) is 2.00. The molecular formula is C14H16BrClN2. The molecule has 1 heterocycles. The van der Waals surface area contributed by atoms with Gasteiger partial charge in [0, 0.05) is 10.5 Å². The van der Waals surface area contributed by atoms with E-state index in [1.165, 1.54) is 31.2 Å². The van der Waals surface area contributed by atoms with Gasteiger partial charge in [0.1, 0.15) is 5.82 Å². The fraction of sp³-hybridized carbons (Fsp3) is 0.500. The van der Waals surface area contributed by atoms with E-state index in [9.17, 15) is 0 Å². The highest BCUT2D eigenvalue weighted by atomic mass is 79.9. The van der Waals surface area contributed by atoms with Crippen molar-refractivity contribution in [3.05, 3.63) is 28.5 Å². The molecule has 2 nitrogen and oxygen atoms in total. The Morgan fingerprint density at radius 2 is 2.11 bits per heavy atom. The number of imidazole rings is 1. The van der Waals surface area contributed by atoms with Gasteiger partial charge < -0.3 is 4.57 Å². The Labute approximate surface area is 120 Å². The van der Waals surface area contributed by atoms with Gasteiger partial charge in [-0.25, -0.2) is 4.98 Å². The number of hydrogen-bond acceptors (Lipinski definition) is 1. The topological polar surface area (TPSA) is 17.8 Å². The van der Waals surface area contributed by atoms with Crippen molar-refractivity contribution in [2.45, 2.75) is 44.0 Å². The van der Waals surface area contributed by atoms with E-state index in [1.807, 2.05) is 13.0 Å². The van der Waals surface area contributed by atoms with Gasteiger partial charge in [0.2, 0.25) is 0 Å². The van der Waals surface area contributed by atoms with Gasteiger partial charge >= 0.3 is 0 Å². The third kappa shape index (κ3) is 2.08. The second-order valence-electron chi connectivity index (χ2n) is 5.03. The zero-order chi connectivity index (χ0) is 12.7. The average Bonchev–Trinajstić information content (AvgIpc) is 2.93. The standard InChI is InChI=1S/C14H16BrClN2/c1-9(16)14-17-12-7-6-10(15)8-13(12)18(14)11-4-2-3-5-11/h6-9,11H,2-5H2,1H3. The SMILES string of the molecule is CC(Cl)c1nc2ccc(Br)cc2n1C1CCCC1. The molecule has 0 saturated heterocycles. The number of halogens is 2. The minimum atomic E-state index is -0.0447. The Morgan fingerprint density at radius 1 is 1.39 bits per heavy atom. The minimum Gasteiger partial charge on any atom is -0.324 e. The molecule has 0 amide bonds. The van der Waals surface area contributed by atoms with Crippen molar-refractivity contribution < 1.29 is 0 Å². The first kappa shape index (κ1) is 12.5. The van der Waals surface area contributed by atoms with Crippen LogP contribution in [0, 0.1) is 0 Å². The molecule has 1 atom stereocenters. The Morgan fingerprint density at radius 3 is 2.78 bits per heavy atom. The van der Waals surface area contributed by atoms with Gasteiger partial charge in [-0.05, 0) is 38.0 Å². The summed E-state index contributed by atoms with van der Waals surface area (Å²) in [5.41, 5.74) is 2.26. The minimum absolute atomic E-state index is 0.0447. The molecular weight excluding hydrogens is 312 g/mol. The molecule has 1 saturated carbocycles. The lowest BCUT2D eigenvalue weighted by Gasteiger charge is -2.17. The summed E-state index contributed by atoms with van der Waals surface area (Å²) < 4.78 is 3.47. The highest BCUT2D eigenvalue weighted by Crippen LogP contribution is 2.36. The fourth-order valence-corrected chi connectivity index (χ4v) is 3.41. The Kier molecular flexibility index (Phi) is 3.37. The van der Waals surface area contributed by atoms with E-state index in [1.54, 1.807) is 0 Å². The van der Waals surface area contributed by atoms with E-state index in [0.29, 0.717) is 6.04 Å². The van der Waals surface area contributed by atoms with Crippen molar-refractivity contribution in [3.63, 3.8) is 0 Å². The summed E-state index contributed by atoms with van der Waals surface area (Å²) in [4.78, 5) is 4.71. The molecule has 96 valence electrons. The highest BCUT2D eigenvalue weighted by Gasteiger charge is 2.24. The predicted molar refractivity (Wildman–Crippen MR) is 79.2 cm³/mol. The first-order chi connectivity index (χ1) is 8.66. The number of nitrogens with zero attached hydrogens (tertiary/aromatic N) is 2. The number of benzene rings is 1. The van der Waals surface area contributed by atoms with Crippen molar-refractivity contribution in [1.82, 2.24) is 9.55 Å². The van der Waals surface area contributed by atoms with E-state index in [0.717, 1.165) is 15.8 Å². The van der Waals surface area contributed by atoms with Gasteiger partial charge in [0.25, 0.3) is 0 Å². The average molecular weight is 328 g/mol. The zero-order valence-electron chi connectivity index (χ0n) is 10.4. The number of aromatic nitrogens is 2. The van der Waals surface area contributed by atoms with Crippen LogP contribution in [0.4, 0.5) is 0 Å². The van der Waals surface area contributed by atoms with Crippen LogP contribution in [0.25, 0.3) is 11.0 Å². The van der Waals surface area contributed by atoms with Crippen molar-refractivity contribution in [2.75, 3.05) is 0 Å². The zero-order valence-corrected chi connectivity index (χ0v) is 12.7. The van der Waals surface area contributed by atoms with Crippen LogP contribution in [0.15, 0.2) is 22.7 Å². The molecule has 1 aliphatic carbocycles. The molecule has 18 heavy (non-hydrogen) atoms. The summed E-state index contributed by atoms with van der Waals surface area (Å²) in [5.74, 6) is 1.01. The summed E-state index contributed by atoms with van der Waals surface area (Å²) in [7, 11) is 0. The van der Waals surface area contributed by atoms with Gasteiger partial charge in [-0.1, -0.05) is 28.8 Å². The molecule has 1 aromatic carbocycles. The number of hydrogen-bond donors (Lipinski definition) is 0. The third-order valence-electron chi connectivity index (χ3n) is 3.72. The number of alkyl halides is 1. The van der Waals surface area contributed by atoms with Gasteiger partial charge in [-0.15, -0.1) is 11.6 Å². The highest BCUT2D eigenvalue weighted by molar-refractivity contribution is 9.10. The molecule has 1 fully saturated rings. The molecule has 1 aromatic heterocycles. The lowest BCUT2D eigenvalue weighted by atomic mass is 10.2. The maximum absolute atomic E-state index is 6.30. The van der Waals surface area contributed by atoms with E-state index in [4.69, 9.17) is 16.6 Å². The molecule has 0 aliphatic heterocycles. The maximum Gasteiger partial charge on any atom is 0.127 e. The molecule has 2 aromatic rings. The smallest absolute Gasteiger partial charge is 0.127 e. The van der Waals surface area contributed by atoms with E-state index in [2.05, 4.69) is 32.6 Å². The largest absolute Gasteiger partial charge is 0.324 e. The number of rotatable bonds is 2.